The first-order valence-corrected chi connectivity index (χ1v) is 19.6. The van der Waals surface area contributed by atoms with E-state index in [0.29, 0.717) is 77.8 Å². The zero-order valence-electron chi connectivity index (χ0n) is 27.4. The maximum absolute atomic E-state index is 11.1. The molecular weight excluding hydrogens is 576 g/mol. The van der Waals surface area contributed by atoms with Crippen LogP contribution in [0.1, 0.15) is 92.9 Å². The van der Waals surface area contributed by atoms with Crippen LogP contribution in [0.3, 0.4) is 0 Å². The summed E-state index contributed by atoms with van der Waals surface area (Å²) in [4.78, 5) is 22.0. The second-order valence-electron chi connectivity index (χ2n) is 9.22. The zero-order valence-corrected chi connectivity index (χ0v) is 29.4. The number of ether oxygens (including phenoxy) is 2. The van der Waals surface area contributed by atoms with Crippen LogP contribution in [0.15, 0.2) is 25.3 Å². The van der Waals surface area contributed by atoms with Crippen LogP contribution < -0.4 is 0 Å². The molecule has 0 aromatic rings. The SMILES string of the molecule is C=CC(=O)OCCC[Si](OCC)(OCC)OCC.C=CC(=O)OCCC[Si](OCCCC)(OCCCC)OCCCC. The van der Waals surface area contributed by atoms with Gasteiger partial charge in [0, 0.05) is 63.9 Å². The summed E-state index contributed by atoms with van der Waals surface area (Å²) >= 11 is 0. The summed E-state index contributed by atoms with van der Waals surface area (Å²) in [5.74, 6) is -0.806. The Morgan fingerprint density at radius 1 is 0.500 bits per heavy atom. The van der Waals surface area contributed by atoms with E-state index in [-0.39, 0.29) is 0 Å². The molecule has 10 nitrogen and oxygen atoms in total. The van der Waals surface area contributed by atoms with E-state index in [4.69, 9.17) is 36.0 Å². The van der Waals surface area contributed by atoms with Gasteiger partial charge < -0.3 is 36.0 Å². The van der Waals surface area contributed by atoms with Gasteiger partial charge in [0.05, 0.1) is 13.2 Å². The Morgan fingerprint density at radius 3 is 1.07 bits per heavy atom. The largest absolute Gasteiger partial charge is 0.501 e. The van der Waals surface area contributed by atoms with Crippen LogP contribution in [0.5, 0.6) is 0 Å². The van der Waals surface area contributed by atoms with Gasteiger partial charge in [0.2, 0.25) is 0 Å². The van der Waals surface area contributed by atoms with Crippen molar-refractivity contribution in [1.82, 2.24) is 0 Å². The number of hydrogen-bond donors (Lipinski definition) is 0. The van der Waals surface area contributed by atoms with E-state index in [1.807, 2.05) is 20.8 Å². The normalized spacial score (nSPS) is 11.4. The molecule has 0 spiro atoms. The van der Waals surface area contributed by atoms with Crippen molar-refractivity contribution in [2.24, 2.45) is 0 Å². The lowest BCUT2D eigenvalue weighted by molar-refractivity contribution is -0.138. The van der Waals surface area contributed by atoms with Gasteiger partial charge in [-0.25, -0.2) is 9.59 Å². The van der Waals surface area contributed by atoms with Crippen molar-refractivity contribution in [2.75, 3.05) is 52.9 Å². The maximum Gasteiger partial charge on any atom is 0.501 e. The third-order valence-electron chi connectivity index (χ3n) is 5.63. The number of rotatable bonds is 28. The number of carbonyl (C=O) groups is 2. The minimum absolute atomic E-state index is 0.326. The molecule has 0 unspecified atom stereocenters. The first-order valence-electron chi connectivity index (χ1n) is 15.7. The van der Waals surface area contributed by atoms with Gasteiger partial charge in [0.15, 0.2) is 0 Å². The van der Waals surface area contributed by atoms with Gasteiger partial charge in [-0.1, -0.05) is 53.2 Å². The van der Waals surface area contributed by atoms with E-state index in [9.17, 15) is 9.59 Å². The van der Waals surface area contributed by atoms with Crippen LogP contribution in [0, 0.1) is 0 Å². The summed E-state index contributed by atoms with van der Waals surface area (Å²) in [5.41, 5.74) is 0. The van der Waals surface area contributed by atoms with Crippen LogP contribution in [0.4, 0.5) is 0 Å². The predicted molar refractivity (Wildman–Crippen MR) is 170 cm³/mol. The van der Waals surface area contributed by atoms with Gasteiger partial charge in [-0.15, -0.1) is 0 Å². The van der Waals surface area contributed by atoms with Crippen molar-refractivity contribution in [1.29, 1.82) is 0 Å². The maximum atomic E-state index is 11.1. The Kier molecular flexibility index (Phi) is 30.2. The van der Waals surface area contributed by atoms with Gasteiger partial charge >= 0.3 is 29.5 Å². The molecule has 0 aliphatic carbocycles. The first-order chi connectivity index (χ1) is 20.3. The molecule has 0 aromatic carbocycles. The van der Waals surface area contributed by atoms with E-state index in [1.54, 1.807) is 0 Å². The van der Waals surface area contributed by atoms with Gasteiger partial charge in [0.25, 0.3) is 0 Å². The molecular formula is C30H60O10Si2. The summed E-state index contributed by atoms with van der Waals surface area (Å²) in [7, 11) is -5.30. The van der Waals surface area contributed by atoms with Crippen molar-refractivity contribution in [3.63, 3.8) is 0 Å². The van der Waals surface area contributed by atoms with Crippen molar-refractivity contribution in [3.8, 4) is 0 Å². The van der Waals surface area contributed by atoms with E-state index in [1.165, 1.54) is 6.08 Å². The Bertz CT molecular complexity index is 635. The highest BCUT2D eigenvalue weighted by atomic mass is 28.4. The number of hydrogen-bond acceptors (Lipinski definition) is 10. The molecule has 42 heavy (non-hydrogen) atoms. The lowest BCUT2D eigenvalue weighted by atomic mass is 10.4. The molecule has 0 saturated carbocycles. The van der Waals surface area contributed by atoms with E-state index in [0.717, 1.165) is 44.6 Å². The molecule has 0 aliphatic heterocycles. The molecule has 0 aliphatic rings. The highest BCUT2D eigenvalue weighted by molar-refractivity contribution is 6.61. The van der Waals surface area contributed by atoms with Gasteiger partial charge in [-0.2, -0.15) is 0 Å². The summed E-state index contributed by atoms with van der Waals surface area (Å²) in [6.45, 7) is 23.2. The average Bonchev–Trinajstić information content (AvgIpc) is 2.98. The minimum Gasteiger partial charge on any atom is -0.463 e. The highest BCUT2D eigenvalue weighted by Gasteiger charge is 2.41. The fourth-order valence-corrected chi connectivity index (χ4v) is 8.71. The first kappa shape index (κ1) is 42.7. The molecule has 248 valence electrons. The Morgan fingerprint density at radius 2 is 0.810 bits per heavy atom. The predicted octanol–water partition coefficient (Wildman–Crippen LogP) is 6.65. The smallest absolute Gasteiger partial charge is 0.463 e. The minimum atomic E-state index is -2.71. The lowest BCUT2D eigenvalue weighted by Gasteiger charge is -2.30. The lowest BCUT2D eigenvalue weighted by Crippen LogP contribution is -2.47. The van der Waals surface area contributed by atoms with Crippen LogP contribution >= 0.6 is 0 Å². The van der Waals surface area contributed by atoms with Gasteiger partial charge in [-0.05, 0) is 52.9 Å². The summed E-state index contributed by atoms with van der Waals surface area (Å²) in [5, 5.41) is 0. The second kappa shape index (κ2) is 29.7. The molecule has 0 fully saturated rings. The molecule has 0 rings (SSSR count). The van der Waals surface area contributed by atoms with Crippen LogP contribution in [-0.2, 0) is 45.6 Å². The number of unbranched alkanes of at least 4 members (excludes halogenated alkanes) is 3. The van der Waals surface area contributed by atoms with Gasteiger partial charge in [0.1, 0.15) is 0 Å². The molecule has 0 N–H and O–H groups in total. The summed E-state index contributed by atoms with van der Waals surface area (Å²) in [6.07, 6.45) is 9.87. The van der Waals surface area contributed by atoms with Crippen molar-refractivity contribution < 1.29 is 45.6 Å². The number of esters is 2. The number of carbonyl (C=O) groups excluding carboxylic acids is 2. The van der Waals surface area contributed by atoms with Gasteiger partial charge in [-0.3, -0.25) is 0 Å². The fourth-order valence-electron chi connectivity index (χ4n) is 3.50. The van der Waals surface area contributed by atoms with Crippen molar-refractivity contribution >= 4 is 29.5 Å². The summed E-state index contributed by atoms with van der Waals surface area (Å²) < 4.78 is 45.4. The van der Waals surface area contributed by atoms with Crippen molar-refractivity contribution in [2.45, 2.75) is 105 Å². The van der Waals surface area contributed by atoms with Crippen LogP contribution in [-0.4, -0.2) is 82.4 Å². The van der Waals surface area contributed by atoms with E-state index < -0.39 is 29.5 Å². The highest BCUT2D eigenvalue weighted by Crippen LogP contribution is 2.21. The Labute approximate surface area is 258 Å². The third-order valence-corrected chi connectivity index (χ3v) is 11.7. The molecule has 0 radical (unpaired) electrons. The average molecular weight is 637 g/mol. The monoisotopic (exact) mass is 636 g/mol. The van der Waals surface area contributed by atoms with E-state index in [2.05, 4.69) is 33.9 Å². The second-order valence-corrected chi connectivity index (χ2v) is 14.7. The fraction of sp³-hybridized carbons (Fsp3) is 0.800. The molecule has 0 amide bonds. The molecule has 12 heteroatoms. The van der Waals surface area contributed by atoms with Crippen LogP contribution in [0.2, 0.25) is 12.1 Å². The molecule has 0 atom stereocenters. The molecule has 0 bridgehead atoms. The zero-order chi connectivity index (χ0) is 32.0. The molecule has 0 saturated heterocycles. The van der Waals surface area contributed by atoms with Crippen LogP contribution in [0.25, 0.3) is 0 Å². The molecule has 0 heterocycles. The molecule has 0 aromatic heterocycles. The Balaban J connectivity index is 0. The van der Waals surface area contributed by atoms with E-state index >= 15 is 0 Å². The Hall–Kier alpha value is -1.39. The topological polar surface area (TPSA) is 108 Å². The third kappa shape index (κ3) is 23.1. The van der Waals surface area contributed by atoms with Crippen molar-refractivity contribution in [3.05, 3.63) is 25.3 Å². The summed E-state index contributed by atoms with van der Waals surface area (Å²) in [6, 6.07) is 1.32. The standard InChI is InChI=1S/C18H36O5Si.C12H24O5Si/c1-5-9-14-21-24(22-15-10-6-2,23-16-11-7-3)17-12-13-20-18(19)8-4;1-5-12(13)14-10-9-11-18(15-6-2,16-7-3)17-8-4/h8H,4-7,9-17H2,1-3H3;5H,1,6-11H2,2-4H3. The quantitative estimate of drug-likeness (QED) is 0.0401.